The average Bonchev–Trinajstić information content (AvgIpc) is 2.24. The van der Waals surface area contributed by atoms with Gasteiger partial charge in [0.1, 0.15) is 17.1 Å². The lowest BCUT2D eigenvalue weighted by molar-refractivity contribution is -0.118. The minimum Gasteiger partial charge on any atom is -0.488 e. The molecule has 0 aliphatic heterocycles. The molecule has 0 radical (unpaired) electrons. The summed E-state index contributed by atoms with van der Waals surface area (Å²) in [5, 5.41) is 0. The predicted octanol–water partition coefficient (Wildman–Crippen LogP) is 3.45. The Morgan fingerprint density at radius 2 is 1.74 bits per heavy atom. The third-order valence-electron chi connectivity index (χ3n) is 2.79. The van der Waals surface area contributed by atoms with Crippen LogP contribution >= 0.6 is 0 Å². The molecular formula is C16H25NO2. The molecule has 3 heteroatoms. The van der Waals surface area contributed by atoms with Gasteiger partial charge in [-0.2, -0.15) is 0 Å². The second-order valence-corrected chi connectivity index (χ2v) is 6.17. The highest BCUT2D eigenvalue weighted by Gasteiger charge is 2.17. The molecule has 0 aliphatic rings. The molecule has 19 heavy (non-hydrogen) atoms. The third kappa shape index (κ3) is 5.43. The van der Waals surface area contributed by atoms with Crippen LogP contribution in [0.4, 0.5) is 0 Å². The Labute approximate surface area is 116 Å². The molecule has 1 aromatic carbocycles. The van der Waals surface area contributed by atoms with Gasteiger partial charge in [0.2, 0.25) is 0 Å². The van der Waals surface area contributed by atoms with E-state index in [1.807, 2.05) is 59.1 Å². The molecule has 0 spiro atoms. The summed E-state index contributed by atoms with van der Waals surface area (Å²) >= 11 is 0. The van der Waals surface area contributed by atoms with E-state index in [1.165, 1.54) is 0 Å². The van der Waals surface area contributed by atoms with E-state index in [2.05, 4.69) is 4.90 Å². The number of nitrogens with zero attached hydrogens (tertiary/aromatic N) is 1. The van der Waals surface area contributed by atoms with Crippen LogP contribution in [0.15, 0.2) is 24.3 Å². The smallest absolute Gasteiger partial charge is 0.131 e. The van der Waals surface area contributed by atoms with Gasteiger partial charge >= 0.3 is 0 Å². The zero-order valence-electron chi connectivity index (χ0n) is 12.9. The molecule has 0 saturated carbocycles. The highest BCUT2D eigenvalue weighted by atomic mass is 16.5. The number of carbonyl (C=O) groups is 1. The molecule has 0 fully saturated rings. The van der Waals surface area contributed by atoms with Crippen molar-refractivity contribution < 1.29 is 9.53 Å². The minimum absolute atomic E-state index is 0.126. The van der Waals surface area contributed by atoms with Crippen LogP contribution in [0.3, 0.4) is 0 Å². The molecule has 1 unspecified atom stereocenters. The first-order valence-corrected chi connectivity index (χ1v) is 6.64. The van der Waals surface area contributed by atoms with Crippen molar-refractivity contribution in [3.05, 3.63) is 29.8 Å². The molecule has 0 bridgehead atoms. The van der Waals surface area contributed by atoms with Crippen LogP contribution in [0.2, 0.25) is 0 Å². The fourth-order valence-electron chi connectivity index (χ4n) is 1.98. The van der Waals surface area contributed by atoms with E-state index in [9.17, 15) is 4.79 Å². The maximum absolute atomic E-state index is 11.3. The summed E-state index contributed by atoms with van der Waals surface area (Å²) in [6.07, 6.45) is 0.534. The van der Waals surface area contributed by atoms with Gasteiger partial charge in [-0.25, -0.2) is 0 Å². The molecule has 0 saturated heterocycles. The van der Waals surface area contributed by atoms with Gasteiger partial charge in [-0.05, 0) is 59.5 Å². The number of rotatable bonds is 5. The van der Waals surface area contributed by atoms with Crippen LogP contribution in [0, 0.1) is 0 Å². The molecule has 1 rings (SSSR count). The molecule has 106 valence electrons. The van der Waals surface area contributed by atoms with Gasteiger partial charge in [0.05, 0.1) is 0 Å². The Kier molecular flexibility index (Phi) is 5.12. The normalized spacial score (nSPS) is 13.4. The highest BCUT2D eigenvalue weighted by molar-refractivity contribution is 5.76. The van der Waals surface area contributed by atoms with Gasteiger partial charge in [-0.15, -0.1) is 0 Å². The molecule has 0 N–H and O–H groups in total. The lowest BCUT2D eigenvalue weighted by Gasteiger charge is -2.25. The second-order valence-electron chi connectivity index (χ2n) is 6.17. The first-order valence-electron chi connectivity index (χ1n) is 6.64. The van der Waals surface area contributed by atoms with E-state index < -0.39 is 0 Å². The summed E-state index contributed by atoms with van der Waals surface area (Å²) in [7, 11) is 3.99. The maximum atomic E-state index is 11.3. The number of Topliss-reactive ketones (excluding diaryl/α,β-unsaturated/α-hetero) is 1. The first kappa shape index (κ1) is 15.7. The van der Waals surface area contributed by atoms with Gasteiger partial charge in [-0.1, -0.05) is 12.1 Å². The predicted molar refractivity (Wildman–Crippen MR) is 78.5 cm³/mol. The number of carbonyl (C=O) groups excluding carboxylic acids is 1. The van der Waals surface area contributed by atoms with Gasteiger partial charge in [0, 0.05) is 12.5 Å². The van der Waals surface area contributed by atoms with Crippen LogP contribution in [0.1, 0.15) is 45.7 Å². The van der Waals surface area contributed by atoms with Crippen molar-refractivity contribution in [1.82, 2.24) is 4.90 Å². The van der Waals surface area contributed by atoms with Crippen molar-refractivity contribution in [2.45, 2.75) is 45.8 Å². The second kappa shape index (κ2) is 6.20. The summed E-state index contributed by atoms with van der Waals surface area (Å²) in [5.41, 5.74) is 0.948. The van der Waals surface area contributed by atoms with Crippen molar-refractivity contribution in [3.63, 3.8) is 0 Å². The molecule has 0 aromatic heterocycles. The molecule has 1 aromatic rings. The van der Waals surface area contributed by atoms with Crippen molar-refractivity contribution in [3.8, 4) is 5.75 Å². The Morgan fingerprint density at radius 3 is 2.11 bits per heavy atom. The van der Waals surface area contributed by atoms with Crippen molar-refractivity contribution in [2.24, 2.45) is 0 Å². The first-order chi connectivity index (χ1) is 8.69. The molecule has 0 heterocycles. The standard InChI is InChI=1S/C16H25NO2/c1-12(18)11-15(17(5)6)13-7-9-14(10-8-13)19-16(2,3)4/h7-10,15H,11H2,1-6H3. The van der Waals surface area contributed by atoms with E-state index in [0.717, 1.165) is 11.3 Å². The number of ether oxygens (including phenoxy) is 1. The van der Waals surface area contributed by atoms with Crippen molar-refractivity contribution in [2.75, 3.05) is 14.1 Å². The molecule has 0 aliphatic carbocycles. The largest absolute Gasteiger partial charge is 0.488 e. The van der Waals surface area contributed by atoms with E-state index in [4.69, 9.17) is 4.74 Å². The quantitative estimate of drug-likeness (QED) is 0.815. The van der Waals surface area contributed by atoms with Crippen LogP contribution in [0.25, 0.3) is 0 Å². The van der Waals surface area contributed by atoms with Crippen LogP contribution < -0.4 is 4.74 Å². The van der Waals surface area contributed by atoms with Gasteiger partial charge in [0.25, 0.3) is 0 Å². The fourth-order valence-corrected chi connectivity index (χ4v) is 1.98. The van der Waals surface area contributed by atoms with Crippen molar-refractivity contribution in [1.29, 1.82) is 0 Å². The van der Waals surface area contributed by atoms with E-state index in [1.54, 1.807) is 6.92 Å². The summed E-state index contributed by atoms with van der Waals surface area (Å²) in [4.78, 5) is 13.4. The summed E-state index contributed by atoms with van der Waals surface area (Å²) in [5.74, 6) is 1.06. The number of ketones is 1. The highest BCUT2D eigenvalue weighted by Crippen LogP contribution is 2.25. The van der Waals surface area contributed by atoms with Gasteiger partial charge in [0.15, 0.2) is 0 Å². The Balaban J connectivity index is 2.86. The zero-order valence-corrected chi connectivity index (χ0v) is 12.9. The SMILES string of the molecule is CC(=O)CC(c1ccc(OC(C)(C)C)cc1)N(C)C. The van der Waals surface area contributed by atoms with Crippen LogP contribution in [-0.2, 0) is 4.79 Å². The molecule has 1 atom stereocenters. The number of benzene rings is 1. The van der Waals surface area contributed by atoms with E-state index in [-0.39, 0.29) is 17.4 Å². The topological polar surface area (TPSA) is 29.5 Å². The molecular weight excluding hydrogens is 238 g/mol. The summed E-state index contributed by atoms with van der Waals surface area (Å²) in [6.45, 7) is 7.71. The summed E-state index contributed by atoms with van der Waals surface area (Å²) < 4.78 is 5.80. The maximum Gasteiger partial charge on any atom is 0.131 e. The third-order valence-corrected chi connectivity index (χ3v) is 2.79. The number of hydrogen-bond acceptors (Lipinski definition) is 3. The lowest BCUT2D eigenvalue weighted by Crippen LogP contribution is -2.23. The van der Waals surface area contributed by atoms with Crippen LogP contribution in [-0.4, -0.2) is 30.4 Å². The molecule has 3 nitrogen and oxygen atoms in total. The van der Waals surface area contributed by atoms with E-state index >= 15 is 0 Å². The number of hydrogen-bond donors (Lipinski definition) is 0. The summed E-state index contributed by atoms with van der Waals surface area (Å²) in [6, 6.07) is 8.14. The molecule has 0 amide bonds. The Morgan fingerprint density at radius 1 is 1.21 bits per heavy atom. The van der Waals surface area contributed by atoms with Gasteiger partial charge in [-0.3, -0.25) is 4.79 Å². The average molecular weight is 263 g/mol. The zero-order chi connectivity index (χ0) is 14.6. The van der Waals surface area contributed by atoms with Gasteiger partial charge < -0.3 is 9.64 Å². The van der Waals surface area contributed by atoms with Crippen LogP contribution in [0.5, 0.6) is 5.75 Å². The van der Waals surface area contributed by atoms with E-state index in [0.29, 0.717) is 6.42 Å². The Bertz CT molecular complexity index is 415. The fraction of sp³-hybridized carbons (Fsp3) is 0.562. The monoisotopic (exact) mass is 263 g/mol. The lowest BCUT2D eigenvalue weighted by atomic mass is 10.0. The minimum atomic E-state index is -0.193. The van der Waals surface area contributed by atoms with Crippen molar-refractivity contribution >= 4 is 5.78 Å². The Hall–Kier alpha value is -1.35.